The number of unbranched alkanes of at least 4 members (excludes halogenated alkanes) is 12. The Bertz CT molecular complexity index is 352. The van der Waals surface area contributed by atoms with Crippen LogP contribution in [-0.2, 0) is 9.53 Å². The van der Waals surface area contributed by atoms with E-state index in [9.17, 15) is 9.90 Å². The van der Waals surface area contributed by atoms with Gasteiger partial charge in [-0.15, -0.1) is 0 Å². The van der Waals surface area contributed by atoms with Gasteiger partial charge in [0, 0.05) is 13.0 Å². The molecule has 165 valence electrons. The van der Waals surface area contributed by atoms with E-state index < -0.39 is 0 Å². The number of ether oxygens (including phenoxy) is 1. The molecule has 0 aliphatic carbocycles. The van der Waals surface area contributed by atoms with Crippen molar-refractivity contribution in [3.05, 3.63) is 19.1 Å². The lowest BCUT2D eigenvalue weighted by molar-refractivity contribution is -0.143. The van der Waals surface area contributed by atoms with E-state index in [4.69, 9.17) is 4.74 Å². The molecular weight excluding hydrogens is 348 g/mol. The molecule has 0 rings (SSSR count). The molecule has 1 N–H and O–H groups in total. The van der Waals surface area contributed by atoms with Gasteiger partial charge in [0.1, 0.15) is 0 Å². The Morgan fingerprint density at radius 3 is 2.36 bits per heavy atom. The average Bonchev–Trinajstić information content (AvgIpc) is 2.70. The van der Waals surface area contributed by atoms with Crippen LogP contribution < -0.4 is 0 Å². The Balaban J connectivity index is 3.47. The second-order valence-electron chi connectivity index (χ2n) is 8.01. The zero-order valence-electron chi connectivity index (χ0n) is 18.6. The highest BCUT2D eigenvalue weighted by Crippen LogP contribution is 2.14. The first-order valence-electron chi connectivity index (χ1n) is 12.0. The van der Waals surface area contributed by atoms with E-state index in [1.54, 1.807) is 0 Å². The van der Waals surface area contributed by atoms with E-state index >= 15 is 0 Å². The van der Waals surface area contributed by atoms with E-state index in [-0.39, 0.29) is 12.6 Å². The van der Waals surface area contributed by atoms with Crippen LogP contribution in [0, 0.1) is 12.8 Å². The summed E-state index contributed by atoms with van der Waals surface area (Å²) in [5.74, 6) is 0.268. The van der Waals surface area contributed by atoms with Gasteiger partial charge >= 0.3 is 5.97 Å². The molecule has 0 saturated carbocycles. The third-order valence-corrected chi connectivity index (χ3v) is 5.23. The molecule has 0 aliphatic heterocycles. The maximum atomic E-state index is 11.6. The first-order chi connectivity index (χ1) is 13.7. The Hall–Kier alpha value is -0.830. The molecule has 28 heavy (non-hydrogen) atoms. The predicted molar refractivity (Wildman–Crippen MR) is 120 cm³/mol. The van der Waals surface area contributed by atoms with Crippen molar-refractivity contribution < 1.29 is 14.6 Å². The minimum Gasteiger partial charge on any atom is -0.466 e. The summed E-state index contributed by atoms with van der Waals surface area (Å²) in [5, 5.41) is 9.51. The van der Waals surface area contributed by atoms with Gasteiger partial charge in [0.2, 0.25) is 0 Å². The number of aliphatic hydroxyl groups is 1. The van der Waals surface area contributed by atoms with Crippen molar-refractivity contribution in [3.8, 4) is 0 Å². The molecular formula is C25H47O3. The molecule has 0 aromatic rings. The first-order valence-corrected chi connectivity index (χ1v) is 12.0. The van der Waals surface area contributed by atoms with E-state index in [0.717, 1.165) is 64.2 Å². The summed E-state index contributed by atoms with van der Waals surface area (Å²) in [6.07, 6.45) is 23.5. The fraction of sp³-hybridized carbons (Fsp3) is 0.840. The van der Waals surface area contributed by atoms with Gasteiger partial charge in [-0.05, 0) is 38.0 Å². The summed E-state index contributed by atoms with van der Waals surface area (Å²) in [5.41, 5.74) is 0. The second kappa shape index (κ2) is 22.5. The second-order valence-corrected chi connectivity index (χ2v) is 8.01. The van der Waals surface area contributed by atoms with Gasteiger partial charge in [0.05, 0.1) is 6.61 Å². The van der Waals surface area contributed by atoms with E-state index in [2.05, 4.69) is 26.0 Å². The molecule has 0 spiro atoms. The van der Waals surface area contributed by atoms with Crippen LogP contribution in [0.1, 0.15) is 116 Å². The highest BCUT2D eigenvalue weighted by atomic mass is 16.5. The summed E-state index contributed by atoms with van der Waals surface area (Å²) in [6.45, 7) is 6.87. The van der Waals surface area contributed by atoms with Gasteiger partial charge in [-0.25, -0.2) is 0 Å². The SMILES string of the molecule is [CH2]CCCCCOC(=O)CCCCCCCC(/C=C/CCCCCCC)CO. The molecule has 0 heterocycles. The van der Waals surface area contributed by atoms with Gasteiger partial charge in [-0.1, -0.05) is 96.6 Å². The summed E-state index contributed by atoms with van der Waals surface area (Å²) < 4.78 is 5.24. The Morgan fingerprint density at radius 2 is 1.61 bits per heavy atom. The van der Waals surface area contributed by atoms with Crippen LogP contribution in [0.25, 0.3) is 0 Å². The number of aliphatic hydroxyl groups excluding tert-OH is 1. The van der Waals surface area contributed by atoms with Gasteiger partial charge < -0.3 is 9.84 Å². The van der Waals surface area contributed by atoms with Crippen molar-refractivity contribution in [2.24, 2.45) is 5.92 Å². The molecule has 0 fully saturated rings. The number of carbonyl (C=O) groups is 1. The van der Waals surface area contributed by atoms with E-state index in [0.29, 0.717) is 18.9 Å². The summed E-state index contributed by atoms with van der Waals surface area (Å²) in [7, 11) is 0. The fourth-order valence-electron chi connectivity index (χ4n) is 3.32. The number of carbonyl (C=O) groups excluding carboxylic acids is 1. The van der Waals surface area contributed by atoms with Gasteiger partial charge in [-0.2, -0.15) is 0 Å². The van der Waals surface area contributed by atoms with Crippen molar-refractivity contribution in [2.45, 2.75) is 116 Å². The van der Waals surface area contributed by atoms with Crippen molar-refractivity contribution in [2.75, 3.05) is 13.2 Å². The van der Waals surface area contributed by atoms with Crippen molar-refractivity contribution >= 4 is 5.97 Å². The Morgan fingerprint density at radius 1 is 0.929 bits per heavy atom. The molecule has 3 nitrogen and oxygen atoms in total. The highest BCUT2D eigenvalue weighted by molar-refractivity contribution is 5.69. The molecule has 0 aromatic heterocycles. The van der Waals surface area contributed by atoms with Gasteiger partial charge in [0.25, 0.3) is 0 Å². The summed E-state index contributed by atoms with van der Waals surface area (Å²) in [6, 6.07) is 0. The topological polar surface area (TPSA) is 46.5 Å². The van der Waals surface area contributed by atoms with Crippen LogP contribution in [0.5, 0.6) is 0 Å². The van der Waals surface area contributed by atoms with E-state index in [1.807, 2.05) is 0 Å². The zero-order valence-corrected chi connectivity index (χ0v) is 18.6. The predicted octanol–water partition coefficient (Wildman–Crippen LogP) is 7.18. The summed E-state index contributed by atoms with van der Waals surface area (Å²) >= 11 is 0. The van der Waals surface area contributed by atoms with Gasteiger partial charge in [0.15, 0.2) is 0 Å². The maximum Gasteiger partial charge on any atom is 0.305 e. The molecule has 0 saturated heterocycles. The third-order valence-electron chi connectivity index (χ3n) is 5.23. The van der Waals surface area contributed by atoms with Crippen LogP contribution in [0.3, 0.4) is 0 Å². The Kier molecular flexibility index (Phi) is 21.8. The van der Waals surface area contributed by atoms with Crippen LogP contribution >= 0.6 is 0 Å². The maximum absolute atomic E-state index is 11.6. The standard InChI is InChI=1S/C25H47O3/c1-3-5-7-9-10-12-15-19-24(23-26)20-16-13-11-14-17-21-25(27)28-22-18-8-6-4-2/h15,19,24,26H,2-14,16-18,20-23H2,1H3/b19-15+. The number of rotatable bonds is 21. The lowest BCUT2D eigenvalue weighted by Crippen LogP contribution is -2.05. The van der Waals surface area contributed by atoms with Crippen molar-refractivity contribution in [1.29, 1.82) is 0 Å². The minimum atomic E-state index is -0.0465. The molecule has 0 amide bonds. The molecule has 0 bridgehead atoms. The zero-order chi connectivity index (χ0) is 20.7. The molecule has 1 unspecified atom stereocenters. The Labute approximate surface area is 175 Å². The van der Waals surface area contributed by atoms with Crippen molar-refractivity contribution in [1.82, 2.24) is 0 Å². The van der Waals surface area contributed by atoms with Crippen LogP contribution in [0.2, 0.25) is 0 Å². The van der Waals surface area contributed by atoms with Crippen molar-refractivity contribution in [3.63, 3.8) is 0 Å². The molecule has 0 aliphatic rings. The highest BCUT2D eigenvalue weighted by Gasteiger charge is 2.04. The third kappa shape index (κ3) is 19.9. The fourth-order valence-corrected chi connectivity index (χ4v) is 3.32. The van der Waals surface area contributed by atoms with Crippen LogP contribution in [-0.4, -0.2) is 24.3 Å². The lowest BCUT2D eigenvalue weighted by atomic mass is 9.99. The molecule has 3 heteroatoms. The molecule has 0 aromatic carbocycles. The van der Waals surface area contributed by atoms with Crippen LogP contribution in [0.15, 0.2) is 12.2 Å². The average molecular weight is 396 g/mol. The molecule has 1 radical (unpaired) electrons. The monoisotopic (exact) mass is 395 g/mol. The largest absolute Gasteiger partial charge is 0.466 e. The number of hydrogen-bond donors (Lipinski definition) is 1. The van der Waals surface area contributed by atoms with Crippen LogP contribution in [0.4, 0.5) is 0 Å². The quantitative estimate of drug-likeness (QED) is 0.127. The first kappa shape index (κ1) is 27.2. The normalized spacial score (nSPS) is 12.5. The number of hydrogen-bond acceptors (Lipinski definition) is 3. The van der Waals surface area contributed by atoms with Gasteiger partial charge in [-0.3, -0.25) is 4.79 Å². The summed E-state index contributed by atoms with van der Waals surface area (Å²) in [4.78, 5) is 11.6. The smallest absolute Gasteiger partial charge is 0.305 e. The number of esters is 1. The minimum absolute atomic E-state index is 0.0465. The lowest BCUT2D eigenvalue weighted by Gasteiger charge is -2.09. The van der Waals surface area contributed by atoms with E-state index in [1.165, 1.54) is 38.5 Å². The molecule has 1 atom stereocenters. The number of allylic oxidation sites excluding steroid dienone is 1.